The summed E-state index contributed by atoms with van der Waals surface area (Å²) in [7, 11) is -2.45. The van der Waals surface area contributed by atoms with Crippen molar-refractivity contribution in [3.8, 4) is 5.88 Å². The van der Waals surface area contributed by atoms with Crippen LogP contribution in [0.1, 0.15) is 53.4 Å². The van der Waals surface area contributed by atoms with Crippen LogP contribution < -0.4 is 0 Å². The van der Waals surface area contributed by atoms with Gasteiger partial charge in [-0.15, -0.1) is 0 Å². The lowest BCUT2D eigenvalue weighted by Crippen LogP contribution is -2.31. The van der Waals surface area contributed by atoms with Crippen LogP contribution in [-0.4, -0.2) is 41.4 Å². The number of aromatic hydroxyl groups is 1. The summed E-state index contributed by atoms with van der Waals surface area (Å²) in [5, 5.41) is 13.3. The molecule has 9 heteroatoms. The van der Waals surface area contributed by atoms with Gasteiger partial charge in [0.15, 0.2) is 15.6 Å². The van der Waals surface area contributed by atoms with E-state index in [0.717, 1.165) is 6.07 Å². The molecule has 1 aliphatic heterocycles. The third-order valence-electron chi connectivity index (χ3n) is 5.11. The van der Waals surface area contributed by atoms with Gasteiger partial charge in [-0.3, -0.25) is 4.79 Å². The average Bonchev–Trinajstić information content (AvgIpc) is 2.99. The Hall–Kier alpha value is -2.26. The first-order valence-corrected chi connectivity index (χ1v) is 10.1. The van der Waals surface area contributed by atoms with Gasteiger partial charge >= 0.3 is 0 Å². The van der Waals surface area contributed by atoms with E-state index in [-0.39, 0.29) is 29.0 Å². The number of ketones is 1. The molecule has 1 aliphatic rings. The number of sulfone groups is 1. The van der Waals surface area contributed by atoms with Crippen molar-refractivity contribution in [1.82, 2.24) is 9.78 Å². The van der Waals surface area contributed by atoms with Crippen molar-refractivity contribution in [3.05, 3.63) is 40.3 Å². The van der Waals surface area contributed by atoms with Gasteiger partial charge in [0, 0.05) is 24.8 Å². The third kappa shape index (κ3) is 2.85. The number of benzene rings is 1. The van der Waals surface area contributed by atoms with Crippen LogP contribution in [0, 0.1) is 12.7 Å². The number of aromatic nitrogens is 2. The summed E-state index contributed by atoms with van der Waals surface area (Å²) in [4.78, 5) is 12.5. The molecule has 0 amide bonds. The Labute approximate surface area is 156 Å². The first-order chi connectivity index (χ1) is 12.6. The highest BCUT2D eigenvalue weighted by molar-refractivity contribution is 7.92. The van der Waals surface area contributed by atoms with Crippen LogP contribution in [0.25, 0.3) is 0 Å². The second kappa shape index (κ2) is 6.72. The molecule has 0 spiro atoms. The highest BCUT2D eigenvalue weighted by atomic mass is 32.2. The summed E-state index contributed by atoms with van der Waals surface area (Å²) < 4.78 is 46.8. The molecular weight excluding hydrogens is 375 g/mol. The number of rotatable bonds is 4. The van der Waals surface area contributed by atoms with Crippen molar-refractivity contribution in [1.29, 1.82) is 0 Å². The van der Waals surface area contributed by atoms with Crippen LogP contribution in [-0.2, 0) is 21.1 Å². The van der Waals surface area contributed by atoms with Gasteiger partial charge in [0.2, 0.25) is 5.88 Å². The number of hydrogen-bond acceptors (Lipinski definition) is 6. The van der Waals surface area contributed by atoms with E-state index < -0.39 is 37.7 Å². The summed E-state index contributed by atoms with van der Waals surface area (Å²) in [6.45, 7) is 5.18. The molecule has 0 bridgehead atoms. The first-order valence-electron chi connectivity index (χ1n) is 8.54. The number of ether oxygens (including phenoxy) is 1. The first kappa shape index (κ1) is 19.5. The molecule has 2 aromatic rings. The van der Waals surface area contributed by atoms with Gasteiger partial charge in [-0.2, -0.15) is 5.10 Å². The Kier molecular flexibility index (Phi) is 4.85. The summed E-state index contributed by atoms with van der Waals surface area (Å²) in [5.41, 5.74) is 0.396. The summed E-state index contributed by atoms with van der Waals surface area (Å²) >= 11 is 0. The van der Waals surface area contributed by atoms with Crippen molar-refractivity contribution >= 4 is 15.6 Å². The molecule has 2 heterocycles. The fourth-order valence-corrected chi connectivity index (χ4v) is 5.29. The van der Waals surface area contributed by atoms with E-state index >= 15 is 0 Å². The number of aryl methyl sites for hydroxylation is 1. The van der Waals surface area contributed by atoms with Crippen LogP contribution in [0.4, 0.5) is 4.39 Å². The molecule has 0 fully saturated rings. The largest absolute Gasteiger partial charge is 0.493 e. The smallest absolute Gasteiger partial charge is 0.220 e. The van der Waals surface area contributed by atoms with E-state index in [9.17, 15) is 22.7 Å². The SMILES string of the molecule is CCn1ncc(C(=O)c2cc(F)c3c(c2C)C(OC)CC(C)S3(=O)=O)c1O. The van der Waals surface area contributed by atoms with Gasteiger partial charge in [-0.25, -0.2) is 17.5 Å². The van der Waals surface area contributed by atoms with Gasteiger partial charge < -0.3 is 9.84 Å². The maximum absolute atomic E-state index is 14.9. The topological polar surface area (TPSA) is 98.5 Å². The molecular formula is C18H21FN2O5S. The molecule has 146 valence electrons. The maximum atomic E-state index is 14.9. The van der Waals surface area contributed by atoms with Crippen molar-refractivity contribution in [2.45, 2.75) is 50.0 Å². The van der Waals surface area contributed by atoms with Crippen LogP contribution in [0.5, 0.6) is 5.88 Å². The molecule has 27 heavy (non-hydrogen) atoms. The molecule has 0 aliphatic carbocycles. The number of fused-ring (bicyclic) bond motifs is 1. The minimum Gasteiger partial charge on any atom is -0.493 e. The average molecular weight is 396 g/mol. The molecule has 0 radical (unpaired) electrons. The molecule has 0 saturated carbocycles. The molecule has 0 saturated heterocycles. The molecule has 1 aromatic carbocycles. The Balaban J connectivity index is 2.25. The zero-order valence-corrected chi connectivity index (χ0v) is 16.3. The van der Waals surface area contributed by atoms with Gasteiger partial charge in [0.1, 0.15) is 16.3 Å². The molecule has 7 nitrogen and oxygen atoms in total. The lowest BCUT2D eigenvalue weighted by Gasteiger charge is -2.31. The zero-order valence-electron chi connectivity index (χ0n) is 15.5. The van der Waals surface area contributed by atoms with Crippen molar-refractivity contribution in [2.75, 3.05) is 7.11 Å². The zero-order chi connectivity index (χ0) is 20.1. The monoisotopic (exact) mass is 396 g/mol. The lowest BCUT2D eigenvalue weighted by atomic mass is 9.91. The molecule has 2 atom stereocenters. The van der Waals surface area contributed by atoms with Crippen LogP contribution in [0.3, 0.4) is 0 Å². The van der Waals surface area contributed by atoms with Crippen molar-refractivity contribution < 1.29 is 27.4 Å². The highest BCUT2D eigenvalue weighted by Crippen LogP contribution is 2.42. The normalized spacial score (nSPS) is 21.1. The van der Waals surface area contributed by atoms with Gasteiger partial charge in [0.05, 0.1) is 17.6 Å². The quantitative estimate of drug-likeness (QED) is 0.798. The summed E-state index contributed by atoms with van der Waals surface area (Å²) in [6, 6.07) is 0.918. The van der Waals surface area contributed by atoms with E-state index in [1.54, 1.807) is 13.8 Å². The highest BCUT2D eigenvalue weighted by Gasteiger charge is 2.41. The van der Waals surface area contributed by atoms with Crippen LogP contribution >= 0.6 is 0 Å². The van der Waals surface area contributed by atoms with Gasteiger partial charge in [0.25, 0.3) is 0 Å². The van der Waals surface area contributed by atoms with Gasteiger partial charge in [-0.05, 0) is 38.8 Å². The fraction of sp³-hybridized carbons (Fsp3) is 0.444. The number of hydrogen-bond donors (Lipinski definition) is 1. The predicted molar refractivity (Wildman–Crippen MR) is 95.2 cm³/mol. The molecule has 2 unspecified atom stereocenters. The van der Waals surface area contributed by atoms with Crippen molar-refractivity contribution in [3.63, 3.8) is 0 Å². The van der Waals surface area contributed by atoms with E-state index in [1.165, 1.54) is 24.9 Å². The molecule has 1 N–H and O–H groups in total. The number of nitrogens with zero attached hydrogens (tertiary/aromatic N) is 2. The van der Waals surface area contributed by atoms with Crippen LogP contribution in [0.2, 0.25) is 0 Å². The summed E-state index contributed by atoms with van der Waals surface area (Å²) in [5.74, 6) is -1.93. The van der Waals surface area contributed by atoms with Crippen LogP contribution in [0.15, 0.2) is 17.2 Å². The molecule has 3 rings (SSSR count). The van der Waals surface area contributed by atoms with E-state index in [1.807, 2.05) is 0 Å². The minimum absolute atomic E-state index is 0.0241. The number of carbonyl (C=O) groups is 1. The Morgan fingerprint density at radius 3 is 2.67 bits per heavy atom. The standard InChI is InChI=1S/C18H21FN2O5S/c1-5-21-18(23)12(8-20-21)16(22)11-7-13(19)17-15(10(11)3)14(26-4)6-9(2)27(17,24)25/h7-9,14,23H,5-6H2,1-4H3. The number of methoxy groups -OCH3 is 1. The Bertz CT molecular complexity index is 1030. The van der Waals surface area contributed by atoms with Gasteiger partial charge in [-0.1, -0.05) is 0 Å². The second-order valence-corrected chi connectivity index (χ2v) is 8.92. The van der Waals surface area contributed by atoms with E-state index in [4.69, 9.17) is 4.74 Å². The van der Waals surface area contributed by atoms with Crippen molar-refractivity contribution in [2.24, 2.45) is 0 Å². The third-order valence-corrected chi connectivity index (χ3v) is 7.34. The maximum Gasteiger partial charge on any atom is 0.220 e. The summed E-state index contributed by atoms with van der Waals surface area (Å²) in [6.07, 6.45) is 0.737. The van der Waals surface area contributed by atoms with E-state index in [2.05, 4.69) is 5.10 Å². The Morgan fingerprint density at radius 2 is 2.11 bits per heavy atom. The second-order valence-electron chi connectivity index (χ2n) is 6.62. The van der Waals surface area contributed by atoms with E-state index in [0.29, 0.717) is 12.1 Å². The predicted octanol–water partition coefficient (Wildman–Crippen LogP) is 2.54. The lowest BCUT2D eigenvalue weighted by molar-refractivity contribution is 0.0891. The number of carbonyl (C=O) groups excluding carboxylic acids is 1. The molecule has 1 aromatic heterocycles. The number of halogens is 1. The Morgan fingerprint density at radius 1 is 1.44 bits per heavy atom. The minimum atomic E-state index is -3.86. The fourth-order valence-electron chi connectivity index (χ4n) is 3.53.